The van der Waals surface area contributed by atoms with E-state index < -0.39 is 0 Å². The van der Waals surface area contributed by atoms with Crippen LogP contribution >= 0.6 is 11.3 Å². The number of likely N-dealkylation sites (tertiary alicyclic amines) is 1. The number of aryl methyl sites for hydroxylation is 1. The molecule has 0 radical (unpaired) electrons. The molecular weight excluding hydrogens is 308 g/mol. The molecule has 1 aromatic heterocycles. The van der Waals surface area contributed by atoms with Gasteiger partial charge < -0.3 is 9.80 Å². The van der Waals surface area contributed by atoms with E-state index in [4.69, 9.17) is 0 Å². The highest BCUT2D eigenvalue weighted by molar-refractivity contribution is 7.15. The molecule has 0 bridgehead atoms. The largest absolute Gasteiger partial charge is 0.346 e. The maximum absolute atomic E-state index is 12.6. The highest BCUT2D eigenvalue weighted by Gasteiger charge is 2.27. The van der Waals surface area contributed by atoms with E-state index in [1.165, 1.54) is 11.3 Å². The second-order valence-corrected chi connectivity index (χ2v) is 8.47. The summed E-state index contributed by atoms with van der Waals surface area (Å²) in [5.74, 6) is 1.57. The van der Waals surface area contributed by atoms with E-state index in [-0.39, 0.29) is 0 Å². The summed E-state index contributed by atoms with van der Waals surface area (Å²) >= 11 is 1.75. The lowest BCUT2D eigenvalue weighted by Gasteiger charge is -2.38. The van der Waals surface area contributed by atoms with Crippen molar-refractivity contribution in [3.05, 3.63) is 11.1 Å². The van der Waals surface area contributed by atoms with Crippen molar-refractivity contribution >= 4 is 22.4 Å². The summed E-state index contributed by atoms with van der Waals surface area (Å²) in [6.07, 6.45) is 3.18. The van der Waals surface area contributed by atoms with E-state index in [2.05, 4.69) is 40.5 Å². The van der Waals surface area contributed by atoms with Crippen LogP contribution in [0.2, 0.25) is 0 Å². The molecule has 2 saturated heterocycles. The summed E-state index contributed by atoms with van der Waals surface area (Å²) in [4.78, 5) is 25.0. The molecule has 128 valence electrons. The first-order valence-electron chi connectivity index (χ1n) is 8.68. The smallest absolute Gasteiger partial charge is 0.236 e. The van der Waals surface area contributed by atoms with Crippen LogP contribution in [0.5, 0.6) is 0 Å². The van der Waals surface area contributed by atoms with E-state index >= 15 is 0 Å². The van der Waals surface area contributed by atoms with Crippen molar-refractivity contribution in [1.29, 1.82) is 0 Å². The molecule has 0 saturated carbocycles. The van der Waals surface area contributed by atoms with Crippen LogP contribution in [-0.4, -0.2) is 66.5 Å². The number of amides is 1. The Labute approximate surface area is 143 Å². The first-order valence-corrected chi connectivity index (χ1v) is 9.50. The van der Waals surface area contributed by atoms with Crippen LogP contribution in [0.3, 0.4) is 0 Å². The number of hydrogen-bond donors (Lipinski definition) is 0. The summed E-state index contributed by atoms with van der Waals surface area (Å²) < 4.78 is 0. The van der Waals surface area contributed by atoms with Gasteiger partial charge in [0.2, 0.25) is 5.91 Å². The Morgan fingerprint density at radius 2 is 1.87 bits per heavy atom. The molecular formula is C17H28N4OS. The molecule has 6 heteroatoms. The minimum atomic E-state index is 0.307. The number of piperazine rings is 1. The molecule has 0 spiro atoms. The quantitative estimate of drug-likeness (QED) is 0.847. The summed E-state index contributed by atoms with van der Waals surface area (Å²) in [6, 6.07) is 0. The van der Waals surface area contributed by atoms with Crippen LogP contribution < -0.4 is 4.90 Å². The van der Waals surface area contributed by atoms with Gasteiger partial charge in [0, 0.05) is 50.3 Å². The van der Waals surface area contributed by atoms with Gasteiger partial charge in [-0.1, -0.05) is 13.8 Å². The number of hydrogen-bond acceptors (Lipinski definition) is 5. The fraction of sp³-hybridized carbons (Fsp3) is 0.765. The maximum Gasteiger partial charge on any atom is 0.236 e. The third kappa shape index (κ3) is 4.23. The van der Waals surface area contributed by atoms with Gasteiger partial charge in [0.05, 0.1) is 6.54 Å². The lowest BCUT2D eigenvalue weighted by Crippen LogP contribution is -2.52. The van der Waals surface area contributed by atoms with E-state index in [0.717, 1.165) is 44.4 Å². The molecule has 23 heavy (non-hydrogen) atoms. The average Bonchev–Trinajstić information content (AvgIpc) is 2.93. The van der Waals surface area contributed by atoms with Crippen molar-refractivity contribution in [2.75, 3.05) is 50.7 Å². The van der Waals surface area contributed by atoms with Crippen LogP contribution in [0, 0.1) is 18.8 Å². The lowest BCUT2D eigenvalue weighted by atomic mass is 9.92. The van der Waals surface area contributed by atoms with Gasteiger partial charge in [-0.25, -0.2) is 4.98 Å². The van der Waals surface area contributed by atoms with Crippen LogP contribution in [0.15, 0.2) is 6.20 Å². The number of aromatic nitrogens is 1. The highest BCUT2D eigenvalue weighted by atomic mass is 32.1. The van der Waals surface area contributed by atoms with E-state index in [0.29, 0.717) is 24.3 Å². The van der Waals surface area contributed by atoms with Crippen molar-refractivity contribution in [3.63, 3.8) is 0 Å². The molecule has 3 heterocycles. The minimum absolute atomic E-state index is 0.307. The van der Waals surface area contributed by atoms with Crippen molar-refractivity contribution in [2.45, 2.75) is 27.2 Å². The van der Waals surface area contributed by atoms with Gasteiger partial charge in [0.25, 0.3) is 0 Å². The number of nitrogens with zero attached hydrogens (tertiary/aromatic N) is 4. The Morgan fingerprint density at radius 3 is 2.43 bits per heavy atom. The maximum atomic E-state index is 12.6. The predicted octanol–water partition coefficient (Wildman–Crippen LogP) is 2.08. The lowest BCUT2D eigenvalue weighted by molar-refractivity contribution is -0.135. The Bertz CT molecular complexity index is 528. The number of carbonyl (C=O) groups is 1. The standard InChI is InChI=1S/C17H28N4OS/c1-13-8-14(2)11-21(10-13)16(22)12-19-4-6-20(7-5-19)17-18-9-15(3)23-17/h9,13-14H,4-8,10-12H2,1-3H3. The van der Waals surface area contributed by atoms with Gasteiger partial charge in [-0.3, -0.25) is 9.69 Å². The Hall–Kier alpha value is -1.14. The molecule has 0 N–H and O–H groups in total. The van der Waals surface area contributed by atoms with Gasteiger partial charge in [-0.15, -0.1) is 11.3 Å². The zero-order valence-electron chi connectivity index (χ0n) is 14.5. The molecule has 1 aromatic rings. The Balaban J connectivity index is 1.47. The van der Waals surface area contributed by atoms with Gasteiger partial charge in [0.1, 0.15) is 0 Å². The molecule has 2 aliphatic rings. The van der Waals surface area contributed by atoms with Crippen LogP contribution in [0.4, 0.5) is 5.13 Å². The van der Waals surface area contributed by atoms with Crippen molar-refractivity contribution < 1.29 is 4.79 Å². The number of anilines is 1. The topological polar surface area (TPSA) is 39.7 Å². The molecule has 0 aromatic carbocycles. The number of rotatable bonds is 3. The minimum Gasteiger partial charge on any atom is -0.346 e. The first kappa shape index (κ1) is 16.7. The fourth-order valence-corrected chi connectivity index (χ4v) is 4.55. The molecule has 2 aliphatic heterocycles. The SMILES string of the molecule is Cc1cnc(N2CCN(CC(=O)N3CC(C)CC(C)C3)CC2)s1. The third-order valence-electron chi connectivity index (χ3n) is 4.83. The summed E-state index contributed by atoms with van der Waals surface area (Å²) in [6.45, 7) is 12.9. The zero-order chi connectivity index (χ0) is 16.4. The number of thiazole rings is 1. The summed E-state index contributed by atoms with van der Waals surface area (Å²) in [7, 11) is 0. The second kappa shape index (κ2) is 7.18. The molecule has 2 unspecified atom stereocenters. The normalized spacial score (nSPS) is 26.6. The third-order valence-corrected chi connectivity index (χ3v) is 5.81. The van der Waals surface area contributed by atoms with E-state index in [9.17, 15) is 4.79 Å². The summed E-state index contributed by atoms with van der Waals surface area (Å²) in [5, 5.41) is 1.12. The van der Waals surface area contributed by atoms with Gasteiger partial charge >= 0.3 is 0 Å². The van der Waals surface area contributed by atoms with Gasteiger partial charge in [-0.2, -0.15) is 0 Å². The van der Waals surface area contributed by atoms with Crippen molar-refractivity contribution in [1.82, 2.24) is 14.8 Å². The highest BCUT2D eigenvalue weighted by Crippen LogP contribution is 2.23. The molecule has 2 atom stereocenters. The monoisotopic (exact) mass is 336 g/mol. The number of carbonyl (C=O) groups excluding carboxylic acids is 1. The zero-order valence-corrected chi connectivity index (χ0v) is 15.3. The first-order chi connectivity index (χ1) is 11.0. The van der Waals surface area contributed by atoms with Crippen molar-refractivity contribution in [3.8, 4) is 0 Å². The van der Waals surface area contributed by atoms with Crippen LogP contribution in [0.25, 0.3) is 0 Å². The van der Waals surface area contributed by atoms with Gasteiger partial charge in [0.15, 0.2) is 5.13 Å². The molecule has 2 fully saturated rings. The fourth-order valence-electron chi connectivity index (χ4n) is 3.74. The van der Waals surface area contributed by atoms with E-state index in [1.54, 1.807) is 11.3 Å². The molecule has 0 aliphatic carbocycles. The predicted molar refractivity (Wildman–Crippen MR) is 95.0 cm³/mol. The van der Waals surface area contributed by atoms with E-state index in [1.807, 2.05) is 6.20 Å². The van der Waals surface area contributed by atoms with Crippen LogP contribution in [0.1, 0.15) is 25.1 Å². The van der Waals surface area contributed by atoms with Crippen LogP contribution in [-0.2, 0) is 4.79 Å². The Kier molecular flexibility index (Phi) is 5.21. The molecule has 3 rings (SSSR count). The summed E-state index contributed by atoms with van der Waals surface area (Å²) in [5.41, 5.74) is 0. The average molecular weight is 337 g/mol. The molecule has 5 nitrogen and oxygen atoms in total. The Morgan fingerprint density at radius 1 is 1.22 bits per heavy atom. The number of piperidine rings is 1. The second-order valence-electron chi connectivity index (χ2n) is 7.26. The van der Waals surface area contributed by atoms with Crippen molar-refractivity contribution in [2.24, 2.45) is 11.8 Å². The van der Waals surface area contributed by atoms with Gasteiger partial charge in [-0.05, 0) is 25.2 Å². The molecule has 1 amide bonds.